The molecule has 1 amide bonds. The van der Waals surface area contributed by atoms with Gasteiger partial charge in [-0.15, -0.1) is 11.3 Å². The summed E-state index contributed by atoms with van der Waals surface area (Å²) in [5.74, 6) is -0.279. The lowest BCUT2D eigenvalue weighted by Crippen LogP contribution is -2.37. The fraction of sp³-hybridized carbons (Fsp3) is 0.292. The lowest BCUT2D eigenvalue weighted by molar-refractivity contribution is 0.0951. The van der Waals surface area contributed by atoms with Crippen molar-refractivity contribution in [1.29, 1.82) is 0 Å². The molecule has 3 N–H and O–H groups in total. The van der Waals surface area contributed by atoms with Crippen LogP contribution in [0.3, 0.4) is 0 Å². The number of hydrogen-bond donors (Lipinski definition) is 3. The Bertz CT molecular complexity index is 1430. The van der Waals surface area contributed by atoms with Crippen LogP contribution >= 0.6 is 22.9 Å². The number of amides is 1. The summed E-state index contributed by atoms with van der Waals surface area (Å²) in [4.78, 5) is 13.2. The highest BCUT2D eigenvalue weighted by Crippen LogP contribution is 2.24. The molecule has 0 bridgehead atoms. The lowest BCUT2D eigenvalue weighted by Gasteiger charge is -2.25. The first-order valence-electron chi connectivity index (χ1n) is 10.9. The molecule has 0 aliphatic carbocycles. The van der Waals surface area contributed by atoms with Crippen molar-refractivity contribution in [3.63, 3.8) is 0 Å². The van der Waals surface area contributed by atoms with Crippen LogP contribution in [-0.4, -0.2) is 42.1 Å². The summed E-state index contributed by atoms with van der Waals surface area (Å²) >= 11 is 6.92. The molecule has 0 atom stereocenters. The van der Waals surface area contributed by atoms with E-state index in [0.717, 1.165) is 17.6 Å². The molecule has 3 rings (SSSR count). The number of thiophene rings is 1. The average molecular weight is 570 g/mol. The molecule has 0 spiro atoms. The molecular formula is C24H28ClN3O5S3. The first-order chi connectivity index (χ1) is 16.7. The van der Waals surface area contributed by atoms with E-state index in [1.165, 1.54) is 12.1 Å². The number of benzene rings is 2. The summed E-state index contributed by atoms with van der Waals surface area (Å²) in [7, 11) is -7.06. The highest BCUT2D eigenvalue weighted by atomic mass is 35.5. The molecular weight excluding hydrogens is 542 g/mol. The maximum atomic E-state index is 12.8. The van der Waals surface area contributed by atoms with Crippen LogP contribution in [0.5, 0.6) is 0 Å². The van der Waals surface area contributed by atoms with Crippen molar-refractivity contribution in [3.05, 3.63) is 76.1 Å². The average Bonchev–Trinajstić information content (AvgIpc) is 3.31. The predicted octanol–water partition coefficient (Wildman–Crippen LogP) is 4.15. The van der Waals surface area contributed by atoms with Crippen LogP contribution in [-0.2, 0) is 26.4 Å². The molecule has 0 fully saturated rings. The highest BCUT2D eigenvalue weighted by molar-refractivity contribution is 7.91. The molecule has 0 aliphatic heterocycles. The van der Waals surface area contributed by atoms with Crippen LogP contribution in [0.15, 0.2) is 69.8 Å². The zero-order valence-corrected chi connectivity index (χ0v) is 23.2. The van der Waals surface area contributed by atoms with Crippen molar-refractivity contribution >= 4 is 54.4 Å². The molecule has 1 aromatic heterocycles. The molecule has 0 saturated heterocycles. The smallest absolute Gasteiger partial charge is 0.251 e. The summed E-state index contributed by atoms with van der Waals surface area (Å²) in [6.07, 6.45) is 1.15. The van der Waals surface area contributed by atoms with Gasteiger partial charge in [-0.1, -0.05) is 31.5 Å². The van der Waals surface area contributed by atoms with Gasteiger partial charge in [0, 0.05) is 40.5 Å². The van der Waals surface area contributed by atoms with Gasteiger partial charge >= 0.3 is 0 Å². The standard InChI is InChI=1S/C24H28ClN3O5S3/c1-24(2,15-27-19-5-4-6-21(13-19)35(3,30)31)16-28-36(32,33)22-12-11-20(34-22)14-26-23(29)17-7-9-18(25)10-8-17/h4-13,27-28H,14-16H2,1-3H3,(H,26,29). The second-order valence-corrected chi connectivity index (χ2v) is 14.7. The summed E-state index contributed by atoms with van der Waals surface area (Å²) < 4.78 is 52.0. The number of halogens is 1. The van der Waals surface area contributed by atoms with Gasteiger partial charge in [-0.25, -0.2) is 21.6 Å². The second-order valence-electron chi connectivity index (χ2n) is 9.05. The van der Waals surface area contributed by atoms with Gasteiger partial charge in [0.2, 0.25) is 10.0 Å². The number of hydrogen-bond acceptors (Lipinski definition) is 7. The molecule has 36 heavy (non-hydrogen) atoms. The summed E-state index contributed by atoms with van der Waals surface area (Å²) in [6.45, 7) is 4.57. The molecule has 2 aromatic carbocycles. The van der Waals surface area contributed by atoms with Gasteiger partial charge in [-0.3, -0.25) is 4.79 Å². The number of sulfone groups is 1. The Kier molecular flexibility index (Phi) is 8.84. The van der Waals surface area contributed by atoms with Gasteiger partial charge in [-0.05, 0) is 60.0 Å². The van der Waals surface area contributed by atoms with E-state index in [0.29, 0.717) is 27.7 Å². The van der Waals surface area contributed by atoms with Crippen molar-refractivity contribution in [2.24, 2.45) is 5.41 Å². The Morgan fingerprint density at radius 2 is 1.67 bits per heavy atom. The second kappa shape index (κ2) is 11.3. The van der Waals surface area contributed by atoms with Crippen molar-refractivity contribution in [3.8, 4) is 0 Å². The fourth-order valence-electron chi connectivity index (χ4n) is 3.07. The van der Waals surface area contributed by atoms with E-state index in [9.17, 15) is 21.6 Å². The number of sulfonamides is 1. The zero-order chi connectivity index (χ0) is 26.6. The van der Waals surface area contributed by atoms with Crippen molar-refractivity contribution in [1.82, 2.24) is 10.0 Å². The third-order valence-corrected chi connectivity index (χ3v) is 9.55. The van der Waals surface area contributed by atoms with E-state index in [2.05, 4.69) is 15.4 Å². The Balaban J connectivity index is 1.54. The van der Waals surface area contributed by atoms with E-state index in [4.69, 9.17) is 11.6 Å². The van der Waals surface area contributed by atoms with Gasteiger partial charge in [0.05, 0.1) is 11.4 Å². The van der Waals surface area contributed by atoms with Gasteiger partial charge < -0.3 is 10.6 Å². The van der Waals surface area contributed by atoms with E-state index >= 15 is 0 Å². The minimum absolute atomic E-state index is 0.155. The molecule has 194 valence electrons. The molecule has 12 heteroatoms. The van der Waals surface area contributed by atoms with Crippen molar-refractivity contribution < 1.29 is 21.6 Å². The van der Waals surface area contributed by atoms with E-state index in [1.54, 1.807) is 48.5 Å². The van der Waals surface area contributed by atoms with Gasteiger partial charge in [0.15, 0.2) is 9.84 Å². The van der Waals surface area contributed by atoms with Gasteiger partial charge in [0.25, 0.3) is 5.91 Å². The minimum Gasteiger partial charge on any atom is -0.384 e. The monoisotopic (exact) mass is 569 g/mol. The Labute approximate surface area is 221 Å². The van der Waals surface area contributed by atoms with Crippen LogP contribution in [0.4, 0.5) is 5.69 Å². The first kappa shape index (κ1) is 28.1. The quantitative estimate of drug-likeness (QED) is 0.319. The fourth-order valence-corrected chi connectivity index (χ4v) is 6.45. The van der Waals surface area contributed by atoms with E-state index in [1.807, 2.05) is 13.8 Å². The molecule has 0 unspecified atom stereocenters. The number of anilines is 1. The third-order valence-electron chi connectivity index (χ3n) is 5.21. The SMILES string of the molecule is CC(C)(CNc1cccc(S(C)(=O)=O)c1)CNS(=O)(=O)c1ccc(CNC(=O)c2ccc(Cl)cc2)s1. The number of carbonyl (C=O) groups excluding carboxylic acids is 1. The Morgan fingerprint density at radius 3 is 2.33 bits per heavy atom. The maximum absolute atomic E-state index is 12.8. The van der Waals surface area contributed by atoms with Crippen LogP contribution in [0.1, 0.15) is 29.1 Å². The number of carbonyl (C=O) groups is 1. The zero-order valence-electron chi connectivity index (χ0n) is 20.0. The number of rotatable bonds is 11. The molecule has 1 heterocycles. The third kappa shape index (κ3) is 8.04. The molecule has 8 nitrogen and oxygen atoms in total. The Morgan fingerprint density at radius 1 is 0.972 bits per heavy atom. The van der Waals surface area contributed by atoms with Crippen LogP contribution in [0.25, 0.3) is 0 Å². The maximum Gasteiger partial charge on any atom is 0.251 e. The van der Waals surface area contributed by atoms with Crippen LogP contribution < -0.4 is 15.4 Å². The van der Waals surface area contributed by atoms with Gasteiger partial charge in [-0.2, -0.15) is 0 Å². The van der Waals surface area contributed by atoms with Crippen molar-refractivity contribution in [2.75, 3.05) is 24.7 Å². The van der Waals surface area contributed by atoms with Gasteiger partial charge in [0.1, 0.15) is 4.21 Å². The van der Waals surface area contributed by atoms with Crippen molar-refractivity contribution in [2.45, 2.75) is 29.5 Å². The minimum atomic E-state index is -3.74. The lowest BCUT2D eigenvalue weighted by atomic mass is 9.94. The molecule has 0 aliphatic rings. The van der Waals surface area contributed by atoms with E-state index < -0.39 is 25.3 Å². The highest BCUT2D eigenvalue weighted by Gasteiger charge is 2.24. The summed E-state index contributed by atoms with van der Waals surface area (Å²) in [5.41, 5.74) is 0.627. The molecule has 3 aromatic rings. The van der Waals surface area contributed by atoms with Crippen LogP contribution in [0.2, 0.25) is 5.02 Å². The van der Waals surface area contributed by atoms with E-state index in [-0.39, 0.29) is 28.1 Å². The first-order valence-corrected chi connectivity index (χ1v) is 15.5. The topological polar surface area (TPSA) is 121 Å². The largest absolute Gasteiger partial charge is 0.384 e. The predicted molar refractivity (Wildman–Crippen MR) is 144 cm³/mol. The number of nitrogens with one attached hydrogen (secondary N) is 3. The normalized spacial score (nSPS) is 12.3. The molecule has 0 saturated carbocycles. The Hall–Kier alpha value is -2.44. The van der Waals surface area contributed by atoms with Crippen LogP contribution in [0, 0.1) is 5.41 Å². The summed E-state index contributed by atoms with van der Waals surface area (Å²) in [5, 5.41) is 6.48. The molecule has 0 radical (unpaired) electrons. The summed E-state index contributed by atoms with van der Waals surface area (Å²) in [6, 6.07) is 16.2.